The van der Waals surface area contributed by atoms with Crippen LogP contribution in [0.2, 0.25) is 0 Å². The molecule has 0 aromatic heterocycles. The Labute approximate surface area is 297 Å². The van der Waals surface area contributed by atoms with E-state index in [1.54, 1.807) is 0 Å². The van der Waals surface area contributed by atoms with Gasteiger partial charge in [-0.3, -0.25) is 0 Å². The van der Waals surface area contributed by atoms with Crippen LogP contribution in [0.4, 0.5) is 45.5 Å². The number of anilines is 8. The van der Waals surface area contributed by atoms with E-state index >= 15 is 0 Å². The average Bonchev–Trinajstić information content (AvgIpc) is 3.68. The molecule has 0 fully saturated rings. The second kappa shape index (κ2) is 13.4. The lowest BCUT2D eigenvalue weighted by atomic mass is 9.97. The molecular weight excluding hydrogens is 609 g/mol. The third-order valence-corrected chi connectivity index (χ3v) is 10.4. The van der Waals surface area contributed by atoms with Crippen LogP contribution in [0.1, 0.15) is 51.2 Å². The molecule has 2 aliphatic rings. The standard InChI is InChI=1S/C46H46N4/c1-5-34(4)36-27-29-42-44(32-36)50(40-24-16-9-17-25-40)46(48(42)38-20-12-7-13-21-38)45-47(37-18-10-6-11-19-37)41-28-26-35(30-33(2)3)31-43(41)49(45)39-22-14-8-15-23-39/h6-29,31-34,45-46H,5,30H2,1-4H3. The Morgan fingerprint density at radius 2 is 0.820 bits per heavy atom. The van der Waals surface area contributed by atoms with E-state index in [0.717, 1.165) is 12.8 Å². The fraction of sp³-hybridized carbons (Fsp3) is 0.217. The minimum absolute atomic E-state index is 0.149. The summed E-state index contributed by atoms with van der Waals surface area (Å²) in [5.74, 6) is 1.02. The Bertz CT molecular complexity index is 2050. The molecule has 3 atom stereocenters. The molecule has 2 aliphatic heterocycles. The molecule has 8 rings (SSSR count). The van der Waals surface area contributed by atoms with Crippen molar-refractivity contribution in [1.29, 1.82) is 0 Å². The molecule has 0 saturated heterocycles. The normalized spacial score (nSPS) is 17.3. The Morgan fingerprint density at radius 1 is 0.440 bits per heavy atom. The summed E-state index contributed by atoms with van der Waals surface area (Å²) in [6.07, 6.45) is 1.83. The molecule has 6 aromatic carbocycles. The summed E-state index contributed by atoms with van der Waals surface area (Å²) in [6, 6.07) is 58.2. The maximum atomic E-state index is 2.60. The fourth-order valence-electron chi connectivity index (χ4n) is 7.90. The highest BCUT2D eigenvalue weighted by atomic mass is 15.5. The molecule has 3 unspecified atom stereocenters. The lowest BCUT2D eigenvalue weighted by Crippen LogP contribution is -2.58. The summed E-state index contributed by atoms with van der Waals surface area (Å²) < 4.78 is 0. The molecule has 0 radical (unpaired) electrons. The van der Waals surface area contributed by atoms with Gasteiger partial charge in [-0.05, 0) is 109 Å². The van der Waals surface area contributed by atoms with Crippen LogP contribution in [0.5, 0.6) is 0 Å². The number of hydrogen-bond donors (Lipinski definition) is 0. The van der Waals surface area contributed by atoms with Crippen molar-refractivity contribution in [3.05, 3.63) is 169 Å². The lowest BCUT2D eigenvalue weighted by molar-refractivity contribution is 0.549. The van der Waals surface area contributed by atoms with Gasteiger partial charge in [0.25, 0.3) is 0 Å². The average molecular weight is 655 g/mol. The van der Waals surface area contributed by atoms with Gasteiger partial charge in [-0.25, -0.2) is 0 Å². The third-order valence-electron chi connectivity index (χ3n) is 10.4. The molecule has 250 valence electrons. The number of benzene rings is 6. The zero-order valence-corrected chi connectivity index (χ0v) is 29.5. The molecule has 0 bridgehead atoms. The maximum Gasteiger partial charge on any atom is 0.151 e. The fourth-order valence-corrected chi connectivity index (χ4v) is 7.90. The topological polar surface area (TPSA) is 13.0 Å². The van der Waals surface area contributed by atoms with Gasteiger partial charge in [0.2, 0.25) is 0 Å². The summed E-state index contributed by atoms with van der Waals surface area (Å²) in [6.45, 7) is 9.23. The van der Waals surface area contributed by atoms with Crippen LogP contribution in [-0.4, -0.2) is 12.3 Å². The molecule has 0 spiro atoms. The molecule has 4 heteroatoms. The van der Waals surface area contributed by atoms with Crippen molar-refractivity contribution in [1.82, 2.24) is 0 Å². The Kier molecular flexibility index (Phi) is 8.54. The van der Waals surface area contributed by atoms with Gasteiger partial charge in [0, 0.05) is 22.7 Å². The van der Waals surface area contributed by atoms with E-state index in [2.05, 4.69) is 205 Å². The van der Waals surface area contributed by atoms with Crippen molar-refractivity contribution in [2.24, 2.45) is 5.92 Å². The second-order valence-electron chi connectivity index (χ2n) is 14.1. The molecule has 4 nitrogen and oxygen atoms in total. The van der Waals surface area contributed by atoms with E-state index in [0.29, 0.717) is 11.8 Å². The van der Waals surface area contributed by atoms with E-state index < -0.39 is 0 Å². The van der Waals surface area contributed by atoms with Crippen LogP contribution < -0.4 is 19.6 Å². The summed E-state index contributed by atoms with van der Waals surface area (Å²) in [5.41, 5.74) is 12.3. The number of para-hydroxylation sites is 4. The molecular formula is C46H46N4. The van der Waals surface area contributed by atoms with E-state index in [1.807, 2.05) is 0 Å². The molecule has 0 aliphatic carbocycles. The molecule has 2 heterocycles. The quantitative estimate of drug-likeness (QED) is 0.154. The second-order valence-corrected chi connectivity index (χ2v) is 14.1. The van der Waals surface area contributed by atoms with Crippen molar-refractivity contribution in [3.8, 4) is 0 Å². The number of fused-ring (bicyclic) bond motifs is 2. The van der Waals surface area contributed by atoms with Crippen molar-refractivity contribution in [2.75, 3.05) is 19.6 Å². The van der Waals surface area contributed by atoms with Crippen molar-refractivity contribution in [2.45, 2.75) is 58.8 Å². The van der Waals surface area contributed by atoms with Gasteiger partial charge in [0.15, 0.2) is 12.3 Å². The predicted octanol–water partition coefficient (Wildman–Crippen LogP) is 12.3. The van der Waals surface area contributed by atoms with Gasteiger partial charge in [-0.15, -0.1) is 0 Å². The predicted molar refractivity (Wildman–Crippen MR) is 212 cm³/mol. The van der Waals surface area contributed by atoms with E-state index in [-0.39, 0.29) is 12.3 Å². The SMILES string of the molecule is CCC(C)c1ccc2c(c1)N(c1ccccc1)C(C1N(c3ccccc3)c3ccc(CC(C)C)cc3N1c1ccccc1)N2c1ccccc1. The smallest absolute Gasteiger partial charge is 0.151 e. The summed E-state index contributed by atoms with van der Waals surface area (Å²) in [4.78, 5) is 10.4. The van der Waals surface area contributed by atoms with Crippen molar-refractivity contribution in [3.63, 3.8) is 0 Å². The first kappa shape index (κ1) is 31.8. The monoisotopic (exact) mass is 654 g/mol. The van der Waals surface area contributed by atoms with Crippen LogP contribution in [0.3, 0.4) is 0 Å². The summed E-state index contributed by atoms with van der Waals surface area (Å²) in [5, 5.41) is 0. The molecule has 0 saturated carbocycles. The van der Waals surface area contributed by atoms with Gasteiger partial charge in [-0.1, -0.05) is 113 Å². The first-order valence-corrected chi connectivity index (χ1v) is 18.2. The number of rotatable bonds is 9. The van der Waals surface area contributed by atoms with Crippen LogP contribution in [0.25, 0.3) is 0 Å². The van der Waals surface area contributed by atoms with E-state index in [9.17, 15) is 0 Å². The Morgan fingerprint density at radius 3 is 1.22 bits per heavy atom. The van der Waals surface area contributed by atoms with Crippen LogP contribution in [-0.2, 0) is 6.42 Å². The Balaban J connectivity index is 1.44. The van der Waals surface area contributed by atoms with Crippen molar-refractivity contribution < 1.29 is 0 Å². The summed E-state index contributed by atoms with van der Waals surface area (Å²) >= 11 is 0. The number of hydrogen-bond acceptors (Lipinski definition) is 4. The third kappa shape index (κ3) is 5.59. The molecule has 0 amide bonds. The zero-order valence-electron chi connectivity index (χ0n) is 29.5. The first-order chi connectivity index (χ1) is 24.5. The van der Waals surface area contributed by atoms with Crippen LogP contribution in [0, 0.1) is 5.92 Å². The highest BCUT2D eigenvalue weighted by Crippen LogP contribution is 2.56. The van der Waals surface area contributed by atoms with Crippen LogP contribution in [0.15, 0.2) is 158 Å². The largest absolute Gasteiger partial charge is 0.314 e. The lowest BCUT2D eigenvalue weighted by Gasteiger charge is -2.44. The first-order valence-electron chi connectivity index (χ1n) is 18.2. The Hall–Kier alpha value is -5.48. The summed E-state index contributed by atoms with van der Waals surface area (Å²) in [7, 11) is 0. The van der Waals surface area contributed by atoms with Gasteiger partial charge in [-0.2, -0.15) is 0 Å². The van der Waals surface area contributed by atoms with Gasteiger partial charge < -0.3 is 19.6 Å². The van der Waals surface area contributed by atoms with Crippen molar-refractivity contribution >= 4 is 45.5 Å². The maximum absolute atomic E-state index is 2.60. The van der Waals surface area contributed by atoms with E-state index in [4.69, 9.17) is 0 Å². The van der Waals surface area contributed by atoms with Gasteiger partial charge in [0.05, 0.1) is 22.7 Å². The number of nitrogens with zero attached hydrogens (tertiary/aromatic N) is 4. The highest BCUT2D eigenvalue weighted by molar-refractivity contribution is 5.94. The van der Waals surface area contributed by atoms with Crippen LogP contribution >= 0.6 is 0 Å². The minimum Gasteiger partial charge on any atom is -0.314 e. The molecule has 0 N–H and O–H groups in total. The van der Waals surface area contributed by atoms with E-state index in [1.165, 1.54) is 56.6 Å². The molecule has 50 heavy (non-hydrogen) atoms. The zero-order chi connectivity index (χ0) is 34.2. The highest BCUT2D eigenvalue weighted by Gasteiger charge is 2.51. The van der Waals surface area contributed by atoms with Gasteiger partial charge in [0.1, 0.15) is 0 Å². The minimum atomic E-state index is -0.150. The molecule has 6 aromatic rings. The van der Waals surface area contributed by atoms with Gasteiger partial charge >= 0.3 is 0 Å².